The topological polar surface area (TPSA) is 18.5 Å². The summed E-state index contributed by atoms with van der Waals surface area (Å²) in [5.41, 5.74) is -0.0192. The molecule has 1 aromatic rings. The van der Waals surface area contributed by atoms with Crippen LogP contribution in [0.2, 0.25) is 12.6 Å². The van der Waals surface area contributed by atoms with E-state index in [1.807, 2.05) is 13.8 Å². The first-order chi connectivity index (χ1) is 10.9. The van der Waals surface area contributed by atoms with Gasteiger partial charge in [-0.05, 0) is 39.3 Å². The Morgan fingerprint density at radius 1 is 0.870 bits per heavy atom. The molecule has 2 nitrogen and oxygen atoms in total. The molecule has 23 heavy (non-hydrogen) atoms. The summed E-state index contributed by atoms with van der Waals surface area (Å²) < 4.78 is 51.4. The highest BCUT2D eigenvalue weighted by Crippen LogP contribution is 2.20. The second-order valence-electron chi connectivity index (χ2n) is 5.76. The summed E-state index contributed by atoms with van der Waals surface area (Å²) in [6.45, 7) is 7.33. The predicted molar refractivity (Wildman–Crippen MR) is 88.2 cm³/mol. The Bertz CT molecular complexity index is 454. The lowest BCUT2D eigenvalue weighted by Crippen LogP contribution is -2.38. The fraction of sp³-hybridized carbons (Fsp3) is 0.647. The average Bonchev–Trinajstić information content (AvgIpc) is 2.45. The van der Waals surface area contributed by atoms with Crippen molar-refractivity contribution in [3.63, 3.8) is 0 Å². The van der Waals surface area contributed by atoms with Crippen LogP contribution >= 0.6 is 0 Å². The maximum Gasteiger partial charge on any atom is 0.334 e. The van der Waals surface area contributed by atoms with Crippen LogP contribution < -0.4 is 0 Å². The molecule has 0 aliphatic rings. The molecule has 6 heteroatoms. The number of unbranched alkanes of at least 4 members (excludes halogenated alkanes) is 3. The Balaban J connectivity index is 2.30. The predicted octanol–water partition coefficient (Wildman–Crippen LogP) is 5.35. The van der Waals surface area contributed by atoms with E-state index in [2.05, 4.69) is 6.55 Å². The van der Waals surface area contributed by atoms with Crippen LogP contribution in [0.1, 0.15) is 45.1 Å². The van der Waals surface area contributed by atoms with Crippen molar-refractivity contribution in [2.45, 2.75) is 58.5 Å². The van der Waals surface area contributed by atoms with Gasteiger partial charge in [0.05, 0.1) is 0 Å². The molecular weight excluding hydrogens is 321 g/mol. The summed E-state index contributed by atoms with van der Waals surface area (Å²) in [4.78, 5) is 0. The van der Waals surface area contributed by atoms with Crippen LogP contribution in [0.25, 0.3) is 0 Å². The van der Waals surface area contributed by atoms with Gasteiger partial charge in [0.1, 0.15) is 17.5 Å². The average molecular weight is 348 g/mol. The lowest BCUT2D eigenvalue weighted by atomic mass is 10.1. The third-order valence-corrected chi connectivity index (χ3v) is 6.87. The van der Waals surface area contributed by atoms with Crippen molar-refractivity contribution in [3.05, 3.63) is 35.1 Å². The molecule has 0 aromatic heterocycles. The molecule has 0 unspecified atom stereocenters. The van der Waals surface area contributed by atoms with Crippen molar-refractivity contribution in [3.8, 4) is 0 Å². The van der Waals surface area contributed by atoms with Crippen LogP contribution in [-0.2, 0) is 15.3 Å². The quantitative estimate of drug-likeness (QED) is 0.396. The monoisotopic (exact) mass is 348 g/mol. The Morgan fingerprint density at radius 2 is 1.39 bits per heavy atom. The van der Waals surface area contributed by atoms with Gasteiger partial charge in [0, 0.05) is 30.9 Å². The lowest BCUT2D eigenvalue weighted by Gasteiger charge is -2.25. The molecule has 0 amide bonds. The third kappa shape index (κ3) is 7.06. The molecule has 0 saturated carbocycles. The van der Waals surface area contributed by atoms with Gasteiger partial charge in [-0.15, -0.1) is 0 Å². The van der Waals surface area contributed by atoms with Gasteiger partial charge in [0.2, 0.25) is 0 Å². The van der Waals surface area contributed by atoms with E-state index in [9.17, 15) is 13.2 Å². The van der Waals surface area contributed by atoms with E-state index in [1.54, 1.807) is 0 Å². The number of halogens is 3. The van der Waals surface area contributed by atoms with Gasteiger partial charge >= 0.3 is 8.56 Å². The van der Waals surface area contributed by atoms with Crippen molar-refractivity contribution in [1.29, 1.82) is 0 Å². The van der Waals surface area contributed by atoms with Crippen LogP contribution in [0.15, 0.2) is 12.1 Å². The largest absolute Gasteiger partial charge is 0.395 e. The maximum absolute atomic E-state index is 13.5. The van der Waals surface area contributed by atoms with E-state index in [0.717, 1.165) is 37.4 Å². The summed E-state index contributed by atoms with van der Waals surface area (Å²) >= 11 is 0. The lowest BCUT2D eigenvalue weighted by molar-refractivity contribution is 0.188. The van der Waals surface area contributed by atoms with Gasteiger partial charge in [-0.1, -0.05) is 19.3 Å². The van der Waals surface area contributed by atoms with E-state index < -0.39 is 26.0 Å². The highest BCUT2D eigenvalue weighted by atomic mass is 28.4. The van der Waals surface area contributed by atoms with Gasteiger partial charge < -0.3 is 8.85 Å². The van der Waals surface area contributed by atoms with E-state index in [1.165, 1.54) is 0 Å². The number of rotatable bonds is 11. The molecule has 0 spiro atoms. The first-order valence-electron chi connectivity index (χ1n) is 8.33. The summed E-state index contributed by atoms with van der Waals surface area (Å²) in [7, 11) is -2.06. The molecule has 0 N–H and O–H groups in total. The minimum Gasteiger partial charge on any atom is -0.395 e. The van der Waals surface area contributed by atoms with Crippen molar-refractivity contribution < 1.29 is 22.0 Å². The second-order valence-corrected chi connectivity index (χ2v) is 9.11. The first kappa shape index (κ1) is 20.2. The summed E-state index contributed by atoms with van der Waals surface area (Å²) in [5, 5.41) is 0. The first-order valence-corrected chi connectivity index (χ1v) is 10.9. The van der Waals surface area contributed by atoms with Crippen LogP contribution in [-0.4, -0.2) is 21.8 Å². The molecule has 0 heterocycles. The number of hydrogen-bond donors (Lipinski definition) is 0. The van der Waals surface area contributed by atoms with Gasteiger partial charge in [-0.2, -0.15) is 0 Å². The van der Waals surface area contributed by atoms with Gasteiger partial charge in [-0.25, -0.2) is 13.2 Å². The summed E-state index contributed by atoms with van der Waals surface area (Å²) in [6, 6.07) is 2.40. The fourth-order valence-corrected chi connectivity index (χ4v) is 5.19. The number of hydrogen-bond acceptors (Lipinski definition) is 2. The Morgan fingerprint density at radius 3 is 1.91 bits per heavy atom. The summed E-state index contributed by atoms with van der Waals surface area (Å²) in [6.07, 6.45) is 3.80. The maximum atomic E-state index is 13.5. The van der Waals surface area contributed by atoms with Crippen molar-refractivity contribution >= 4 is 8.56 Å². The minimum absolute atomic E-state index is 0.0192. The van der Waals surface area contributed by atoms with Crippen molar-refractivity contribution in [1.82, 2.24) is 0 Å². The van der Waals surface area contributed by atoms with Gasteiger partial charge in [0.15, 0.2) is 0 Å². The molecule has 0 radical (unpaired) electrons. The molecule has 0 bridgehead atoms. The molecule has 0 aliphatic carbocycles. The zero-order valence-electron chi connectivity index (χ0n) is 14.3. The standard InChI is InChI=1S/C17H27F3O2Si/c1-4-21-23(3,22-5-2)11-9-7-6-8-10-15-16(19)12-14(18)13-17(15)20/h12-13H,4-11H2,1-3H3. The van der Waals surface area contributed by atoms with E-state index in [0.29, 0.717) is 26.1 Å². The number of benzene rings is 1. The molecular formula is C17H27F3O2Si. The SMILES string of the molecule is CCO[Si](C)(CCCCCCc1c(F)cc(F)cc1F)OCC. The van der Waals surface area contributed by atoms with E-state index >= 15 is 0 Å². The summed E-state index contributed by atoms with van der Waals surface area (Å²) in [5.74, 6) is -2.47. The highest BCUT2D eigenvalue weighted by Gasteiger charge is 2.29. The minimum atomic E-state index is -2.06. The molecule has 0 fully saturated rings. The zero-order chi connectivity index (χ0) is 17.3. The van der Waals surface area contributed by atoms with Crippen LogP contribution in [0.3, 0.4) is 0 Å². The van der Waals surface area contributed by atoms with Crippen molar-refractivity contribution in [2.75, 3.05) is 13.2 Å². The zero-order valence-corrected chi connectivity index (χ0v) is 15.3. The molecule has 0 atom stereocenters. The molecule has 1 rings (SSSR count). The van der Waals surface area contributed by atoms with E-state index in [4.69, 9.17) is 8.85 Å². The molecule has 1 aromatic carbocycles. The van der Waals surface area contributed by atoms with Crippen LogP contribution in [0.5, 0.6) is 0 Å². The fourth-order valence-electron chi connectivity index (χ4n) is 2.71. The van der Waals surface area contributed by atoms with Crippen LogP contribution in [0, 0.1) is 17.5 Å². The molecule has 0 aliphatic heterocycles. The Kier molecular flexibility index (Phi) is 8.87. The third-order valence-electron chi connectivity index (χ3n) is 3.81. The smallest absolute Gasteiger partial charge is 0.334 e. The second kappa shape index (κ2) is 10.1. The normalized spacial score (nSPS) is 11.9. The highest BCUT2D eigenvalue weighted by molar-refractivity contribution is 6.66. The van der Waals surface area contributed by atoms with E-state index in [-0.39, 0.29) is 5.56 Å². The molecule has 132 valence electrons. The van der Waals surface area contributed by atoms with Gasteiger partial charge in [0.25, 0.3) is 0 Å². The Labute approximate surface area is 138 Å². The van der Waals surface area contributed by atoms with Gasteiger partial charge in [-0.3, -0.25) is 0 Å². The van der Waals surface area contributed by atoms with Crippen LogP contribution in [0.4, 0.5) is 13.2 Å². The Hall–Kier alpha value is -0.853. The molecule has 0 saturated heterocycles. The van der Waals surface area contributed by atoms with Crippen molar-refractivity contribution in [2.24, 2.45) is 0 Å².